The molecule has 0 aromatic carbocycles. The van der Waals surface area contributed by atoms with Gasteiger partial charge in [-0.25, -0.2) is 0 Å². The highest BCUT2D eigenvalue weighted by atomic mass is 16.2. The van der Waals surface area contributed by atoms with Gasteiger partial charge in [-0.2, -0.15) is 0 Å². The second kappa shape index (κ2) is 7.63. The topological polar surface area (TPSA) is 56.4 Å². The van der Waals surface area contributed by atoms with E-state index in [0.29, 0.717) is 6.04 Å². The lowest BCUT2D eigenvalue weighted by atomic mass is 10.1. The maximum Gasteiger partial charge on any atom is 0.238 e. The van der Waals surface area contributed by atoms with Crippen LogP contribution in [0.2, 0.25) is 0 Å². The van der Waals surface area contributed by atoms with Gasteiger partial charge in [-0.15, -0.1) is 0 Å². The molecule has 1 heterocycles. The summed E-state index contributed by atoms with van der Waals surface area (Å²) in [6.07, 6.45) is 0. The van der Waals surface area contributed by atoms with Gasteiger partial charge in [0.2, 0.25) is 5.91 Å². The monoisotopic (exact) mass is 242 g/mol. The molecule has 0 aromatic heterocycles. The highest BCUT2D eigenvalue weighted by molar-refractivity contribution is 5.82. The third-order valence-corrected chi connectivity index (χ3v) is 3.28. The summed E-state index contributed by atoms with van der Waals surface area (Å²) in [4.78, 5) is 14.1. The van der Waals surface area contributed by atoms with E-state index < -0.39 is 0 Å². The van der Waals surface area contributed by atoms with Crippen LogP contribution < -0.4 is 16.0 Å². The standard InChI is InChI=1S/C12H26N4O/c1-4-16(5-2)7-6-13-12(17)11-9-14-10(3)8-15-11/h10-11,14-15H,4-9H2,1-3H3,(H,13,17). The molecule has 2 atom stereocenters. The summed E-state index contributed by atoms with van der Waals surface area (Å²) < 4.78 is 0. The number of hydrogen-bond donors (Lipinski definition) is 3. The van der Waals surface area contributed by atoms with Gasteiger partial charge < -0.3 is 20.9 Å². The Balaban J connectivity index is 2.16. The molecule has 17 heavy (non-hydrogen) atoms. The minimum absolute atomic E-state index is 0.0806. The van der Waals surface area contributed by atoms with E-state index in [0.717, 1.165) is 39.3 Å². The molecule has 0 bridgehead atoms. The first-order valence-corrected chi connectivity index (χ1v) is 6.64. The molecule has 2 unspecified atom stereocenters. The zero-order valence-corrected chi connectivity index (χ0v) is 11.3. The van der Waals surface area contributed by atoms with E-state index >= 15 is 0 Å². The highest BCUT2D eigenvalue weighted by Crippen LogP contribution is 1.93. The molecule has 0 saturated carbocycles. The van der Waals surface area contributed by atoms with Crippen LogP contribution in [-0.2, 0) is 4.79 Å². The number of carbonyl (C=O) groups is 1. The predicted molar refractivity (Wildman–Crippen MR) is 70.1 cm³/mol. The second-order valence-electron chi connectivity index (χ2n) is 4.59. The average molecular weight is 242 g/mol. The van der Waals surface area contributed by atoms with Gasteiger partial charge in [-0.3, -0.25) is 4.79 Å². The molecule has 1 aliphatic rings. The molecule has 1 fully saturated rings. The zero-order valence-electron chi connectivity index (χ0n) is 11.3. The first kappa shape index (κ1) is 14.4. The van der Waals surface area contributed by atoms with Crippen molar-refractivity contribution in [1.29, 1.82) is 0 Å². The first-order valence-electron chi connectivity index (χ1n) is 6.64. The molecular weight excluding hydrogens is 216 g/mol. The number of amides is 1. The molecule has 0 aromatic rings. The molecule has 5 nitrogen and oxygen atoms in total. The van der Waals surface area contributed by atoms with Gasteiger partial charge in [0.25, 0.3) is 0 Å². The van der Waals surface area contributed by atoms with Gasteiger partial charge in [0.15, 0.2) is 0 Å². The Hall–Kier alpha value is -0.650. The van der Waals surface area contributed by atoms with Crippen LogP contribution in [0, 0.1) is 0 Å². The maximum absolute atomic E-state index is 11.8. The maximum atomic E-state index is 11.8. The first-order chi connectivity index (χ1) is 8.17. The summed E-state index contributed by atoms with van der Waals surface area (Å²) in [5.41, 5.74) is 0. The summed E-state index contributed by atoms with van der Waals surface area (Å²) in [6, 6.07) is 0.373. The van der Waals surface area contributed by atoms with Gasteiger partial charge in [0.1, 0.15) is 0 Å². The SMILES string of the molecule is CCN(CC)CCNC(=O)C1CNC(C)CN1. The molecule has 1 amide bonds. The number of nitrogens with zero attached hydrogens (tertiary/aromatic N) is 1. The largest absolute Gasteiger partial charge is 0.353 e. The van der Waals surface area contributed by atoms with E-state index in [2.05, 4.69) is 41.6 Å². The summed E-state index contributed by atoms with van der Waals surface area (Å²) in [7, 11) is 0. The third kappa shape index (κ3) is 5.02. The second-order valence-corrected chi connectivity index (χ2v) is 4.59. The van der Waals surface area contributed by atoms with Gasteiger partial charge in [0, 0.05) is 32.2 Å². The number of carbonyl (C=O) groups excluding carboxylic acids is 1. The van der Waals surface area contributed by atoms with Crippen LogP contribution in [0.1, 0.15) is 20.8 Å². The Bertz CT molecular complexity index is 223. The third-order valence-electron chi connectivity index (χ3n) is 3.28. The minimum Gasteiger partial charge on any atom is -0.353 e. The normalized spacial score (nSPS) is 24.9. The fraction of sp³-hybridized carbons (Fsp3) is 0.917. The smallest absolute Gasteiger partial charge is 0.238 e. The van der Waals surface area contributed by atoms with Crippen molar-refractivity contribution in [3.63, 3.8) is 0 Å². The van der Waals surface area contributed by atoms with Crippen LogP contribution in [0.5, 0.6) is 0 Å². The van der Waals surface area contributed by atoms with E-state index in [1.807, 2.05) is 0 Å². The van der Waals surface area contributed by atoms with Crippen LogP contribution in [0.4, 0.5) is 0 Å². The van der Waals surface area contributed by atoms with E-state index in [1.165, 1.54) is 0 Å². The quantitative estimate of drug-likeness (QED) is 0.582. The van der Waals surface area contributed by atoms with Gasteiger partial charge in [-0.05, 0) is 20.0 Å². The Morgan fingerprint density at radius 2 is 2.00 bits per heavy atom. The molecular formula is C12H26N4O. The van der Waals surface area contributed by atoms with Gasteiger partial charge in [-0.1, -0.05) is 13.8 Å². The zero-order chi connectivity index (χ0) is 12.7. The number of rotatable bonds is 6. The molecule has 1 saturated heterocycles. The van der Waals surface area contributed by atoms with Crippen molar-refractivity contribution in [2.24, 2.45) is 0 Å². The number of hydrogen-bond acceptors (Lipinski definition) is 4. The summed E-state index contributed by atoms with van der Waals surface area (Å²) in [5, 5.41) is 9.53. The Morgan fingerprint density at radius 1 is 1.29 bits per heavy atom. The van der Waals surface area contributed by atoms with Crippen molar-refractivity contribution in [2.45, 2.75) is 32.9 Å². The van der Waals surface area contributed by atoms with E-state index in [-0.39, 0.29) is 11.9 Å². The van der Waals surface area contributed by atoms with E-state index in [1.54, 1.807) is 0 Å². The average Bonchev–Trinajstić information content (AvgIpc) is 2.35. The lowest BCUT2D eigenvalue weighted by molar-refractivity contribution is -0.123. The van der Waals surface area contributed by atoms with Crippen LogP contribution in [-0.4, -0.2) is 62.2 Å². The number of piperazine rings is 1. The van der Waals surface area contributed by atoms with Crippen molar-refractivity contribution >= 4 is 5.91 Å². The van der Waals surface area contributed by atoms with Crippen molar-refractivity contribution in [3.8, 4) is 0 Å². The summed E-state index contributed by atoms with van der Waals surface area (Å²) in [5.74, 6) is 0.108. The number of nitrogens with one attached hydrogen (secondary N) is 3. The number of likely N-dealkylation sites (N-methyl/N-ethyl adjacent to an activating group) is 1. The van der Waals surface area contributed by atoms with Crippen LogP contribution in [0.15, 0.2) is 0 Å². The molecule has 5 heteroatoms. The van der Waals surface area contributed by atoms with Gasteiger partial charge >= 0.3 is 0 Å². The van der Waals surface area contributed by atoms with Crippen LogP contribution >= 0.6 is 0 Å². The van der Waals surface area contributed by atoms with Crippen molar-refractivity contribution < 1.29 is 4.79 Å². The fourth-order valence-electron chi connectivity index (χ4n) is 1.97. The molecule has 3 N–H and O–H groups in total. The Labute approximate surface area is 104 Å². The van der Waals surface area contributed by atoms with E-state index in [4.69, 9.17) is 0 Å². The lowest BCUT2D eigenvalue weighted by Crippen LogP contribution is -2.59. The van der Waals surface area contributed by atoms with E-state index in [9.17, 15) is 4.79 Å². The molecule has 0 aliphatic carbocycles. The summed E-state index contributed by atoms with van der Waals surface area (Å²) >= 11 is 0. The Kier molecular flexibility index (Phi) is 6.47. The van der Waals surface area contributed by atoms with Crippen LogP contribution in [0.3, 0.4) is 0 Å². The fourth-order valence-corrected chi connectivity index (χ4v) is 1.97. The van der Waals surface area contributed by atoms with Crippen molar-refractivity contribution in [3.05, 3.63) is 0 Å². The predicted octanol–water partition coefficient (Wildman–Crippen LogP) is -0.606. The summed E-state index contributed by atoms with van der Waals surface area (Å²) in [6.45, 7) is 11.7. The molecule has 0 spiro atoms. The van der Waals surface area contributed by atoms with Crippen LogP contribution in [0.25, 0.3) is 0 Å². The molecule has 1 aliphatic heterocycles. The highest BCUT2D eigenvalue weighted by Gasteiger charge is 2.22. The lowest BCUT2D eigenvalue weighted by Gasteiger charge is -2.28. The van der Waals surface area contributed by atoms with Crippen molar-refractivity contribution in [2.75, 3.05) is 39.3 Å². The van der Waals surface area contributed by atoms with Crippen molar-refractivity contribution in [1.82, 2.24) is 20.9 Å². The Morgan fingerprint density at radius 3 is 2.53 bits per heavy atom. The minimum atomic E-state index is -0.0806. The van der Waals surface area contributed by atoms with Gasteiger partial charge in [0.05, 0.1) is 6.04 Å². The molecule has 100 valence electrons. The molecule has 1 rings (SSSR count). The molecule has 0 radical (unpaired) electrons.